The summed E-state index contributed by atoms with van der Waals surface area (Å²) in [6, 6.07) is 24.4. The number of para-hydroxylation sites is 1. The predicted octanol–water partition coefficient (Wildman–Crippen LogP) is 4.77. The summed E-state index contributed by atoms with van der Waals surface area (Å²) in [6.45, 7) is 2.90. The molecule has 0 saturated carbocycles. The van der Waals surface area contributed by atoms with Gasteiger partial charge in [0.1, 0.15) is 11.5 Å². The number of nitrogens with zero attached hydrogens (tertiary/aromatic N) is 1. The molecule has 1 amide bonds. The fourth-order valence-corrected chi connectivity index (χ4v) is 2.65. The van der Waals surface area contributed by atoms with Crippen molar-refractivity contribution < 1.29 is 9.53 Å². The first-order valence-corrected chi connectivity index (χ1v) is 9.41. The summed E-state index contributed by atoms with van der Waals surface area (Å²) in [5, 5.41) is 5.84. The summed E-state index contributed by atoms with van der Waals surface area (Å²) in [7, 11) is 0. The van der Waals surface area contributed by atoms with Gasteiger partial charge in [-0.1, -0.05) is 36.4 Å². The van der Waals surface area contributed by atoms with Crippen molar-refractivity contribution in [3.8, 4) is 11.5 Å². The van der Waals surface area contributed by atoms with Crippen LogP contribution in [0.4, 0.5) is 5.69 Å². The van der Waals surface area contributed by atoms with Crippen LogP contribution in [0.15, 0.2) is 83.9 Å². The molecule has 3 aromatic carbocycles. The van der Waals surface area contributed by atoms with Gasteiger partial charge in [0.2, 0.25) is 0 Å². The van der Waals surface area contributed by atoms with Gasteiger partial charge in [-0.2, -0.15) is 0 Å². The van der Waals surface area contributed by atoms with E-state index in [1.54, 1.807) is 12.1 Å². The minimum atomic E-state index is -0.0821. The largest absolute Gasteiger partial charge is 0.457 e. The number of aliphatic imine (C=N–C) groups is 1. The Hall–Kier alpha value is -3.07. The molecule has 0 spiro atoms. The molecule has 0 heterocycles. The van der Waals surface area contributed by atoms with E-state index in [1.165, 1.54) is 0 Å². The number of nitrogens with one attached hydrogen (secondary N) is 2. The maximum atomic E-state index is 11.8. The van der Waals surface area contributed by atoms with E-state index in [0.717, 1.165) is 17.0 Å². The number of nitrogens with two attached hydrogens (primary N) is 1. The molecule has 4 N–H and O–H groups in total. The average molecular weight is 516 g/mol. The van der Waals surface area contributed by atoms with Crippen molar-refractivity contribution >= 4 is 41.5 Å². The number of rotatable bonds is 7. The molecule has 0 unspecified atom stereocenters. The number of guanidine groups is 1. The van der Waals surface area contributed by atoms with E-state index in [1.807, 2.05) is 73.7 Å². The zero-order valence-electron chi connectivity index (χ0n) is 16.7. The standard InChI is InChI=1S/C23H24N4O2.HI/c1-2-25-22(28)18-13-11-17(12-14-18)16-26-23(24)27-19-7-6-10-21(15-19)29-20-8-4-3-5-9-20;/h3-15H,2,16H2,1H3,(H,25,28)(H3,24,26,27);1H. The first kappa shape index (κ1) is 23.2. The Morgan fingerprint density at radius 2 is 1.67 bits per heavy atom. The molecular formula is C23H25IN4O2. The number of hydrogen-bond donors (Lipinski definition) is 3. The van der Waals surface area contributed by atoms with E-state index in [0.29, 0.717) is 30.4 Å². The van der Waals surface area contributed by atoms with Gasteiger partial charge in [0.15, 0.2) is 5.96 Å². The lowest BCUT2D eigenvalue weighted by molar-refractivity contribution is 0.0956. The summed E-state index contributed by atoms with van der Waals surface area (Å²) in [5.74, 6) is 1.69. The lowest BCUT2D eigenvalue weighted by Crippen LogP contribution is -2.23. The van der Waals surface area contributed by atoms with Crippen LogP contribution in [0.3, 0.4) is 0 Å². The van der Waals surface area contributed by atoms with E-state index in [9.17, 15) is 4.79 Å². The molecule has 0 atom stereocenters. The second-order valence-electron chi connectivity index (χ2n) is 6.33. The maximum absolute atomic E-state index is 11.8. The van der Waals surface area contributed by atoms with Crippen molar-refractivity contribution in [2.75, 3.05) is 11.9 Å². The Kier molecular flexibility index (Phi) is 9.14. The smallest absolute Gasteiger partial charge is 0.251 e. The van der Waals surface area contributed by atoms with E-state index in [2.05, 4.69) is 15.6 Å². The summed E-state index contributed by atoms with van der Waals surface area (Å²) >= 11 is 0. The molecule has 3 aromatic rings. The highest BCUT2D eigenvalue weighted by molar-refractivity contribution is 14.0. The number of ether oxygens (including phenoxy) is 1. The van der Waals surface area contributed by atoms with Gasteiger partial charge in [-0.05, 0) is 48.9 Å². The van der Waals surface area contributed by atoms with Gasteiger partial charge in [0.25, 0.3) is 5.91 Å². The molecule has 0 aliphatic carbocycles. The number of carbonyl (C=O) groups is 1. The maximum Gasteiger partial charge on any atom is 0.251 e. The van der Waals surface area contributed by atoms with Crippen LogP contribution < -0.4 is 21.1 Å². The minimum Gasteiger partial charge on any atom is -0.457 e. The Labute approximate surface area is 193 Å². The van der Waals surface area contributed by atoms with Gasteiger partial charge in [0.05, 0.1) is 6.54 Å². The first-order valence-electron chi connectivity index (χ1n) is 9.41. The van der Waals surface area contributed by atoms with Crippen molar-refractivity contribution in [3.63, 3.8) is 0 Å². The van der Waals surface area contributed by atoms with Crippen LogP contribution in [0.25, 0.3) is 0 Å². The molecule has 7 heteroatoms. The second-order valence-corrected chi connectivity index (χ2v) is 6.33. The molecule has 0 aliphatic rings. The molecule has 0 aromatic heterocycles. The topological polar surface area (TPSA) is 88.7 Å². The first-order chi connectivity index (χ1) is 14.1. The van der Waals surface area contributed by atoms with Crippen LogP contribution >= 0.6 is 24.0 Å². The lowest BCUT2D eigenvalue weighted by Gasteiger charge is -2.09. The fraction of sp³-hybridized carbons (Fsp3) is 0.130. The molecule has 0 fully saturated rings. The minimum absolute atomic E-state index is 0. The predicted molar refractivity (Wildman–Crippen MR) is 132 cm³/mol. The molecular weight excluding hydrogens is 491 g/mol. The Bertz CT molecular complexity index is 976. The molecule has 156 valence electrons. The van der Waals surface area contributed by atoms with E-state index >= 15 is 0 Å². The van der Waals surface area contributed by atoms with Gasteiger partial charge in [-0.25, -0.2) is 4.99 Å². The Morgan fingerprint density at radius 1 is 0.967 bits per heavy atom. The van der Waals surface area contributed by atoms with Crippen LogP contribution in [0.5, 0.6) is 11.5 Å². The summed E-state index contributed by atoms with van der Waals surface area (Å²) in [6.07, 6.45) is 0. The van der Waals surface area contributed by atoms with Crippen LogP contribution in [0.1, 0.15) is 22.8 Å². The quantitative estimate of drug-likeness (QED) is 0.240. The Balaban J connectivity index is 0.00000320. The number of carbonyl (C=O) groups excluding carboxylic acids is 1. The molecule has 0 aliphatic heterocycles. The number of amides is 1. The average Bonchev–Trinajstić information content (AvgIpc) is 2.74. The summed E-state index contributed by atoms with van der Waals surface area (Å²) in [5.41, 5.74) is 8.38. The van der Waals surface area contributed by atoms with Crippen LogP contribution in [0.2, 0.25) is 0 Å². The van der Waals surface area contributed by atoms with Gasteiger partial charge in [-0.15, -0.1) is 24.0 Å². The van der Waals surface area contributed by atoms with Crippen LogP contribution in [-0.2, 0) is 6.54 Å². The van der Waals surface area contributed by atoms with Gasteiger partial charge in [0, 0.05) is 23.9 Å². The molecule has 6 nitrogen and oxygen atoms in total. The fourth-order valence-electron chi connectivity index (χ4n) is 2.65. The van der Waals surface area contributed by atoms with Gasteiger partial charge >= 0.3 is 0 Å². The molecule has 3 rings (SSSR count). The SMILES string of the molecule is CCNC(=O)c1ccc(CN=C(N)Nc2cccc(Oc3ccccc3)c2)cc1.I. The number of halogens is 1. The molecule has 0 bridgehead atoms. The molecule has 0 radical (unpaired) electrons. The van der Waals surface area contributed by atoms with E-state index in [4.69, 9.17) is 10.5 Å². The third kappa shape index (κ3) is 7.07. The zero-order valence-corrected chi connectivity index (χ0v) is 19.0. The van der Waals surface area contributed by atoms with E-state index < -0.39 is 0 Å². The molecule has 0 saturated heterocycles. The van der Waals surface area contributed by atoms with Crippen molar-refractivity contribution in [1.82, 2.24) is 5.32 Å². The van der Waals surface area contributed by atoms with E-state index in [-0.39, 0.29) is 29.9 Å². The number of anilines is 1. The summed E-state index contributed by atoms with van der Waals surface area (Å²) in [4.78, 5) is 16.1. The number of hydrogen-bond acceptors (Lipinski definition) is 3. The highest BCUT2D eigenvalue weighted by Crippen LogP contribution is 2.23. The van der Waals surface area contributed by atoms with Crippen LogP contribution in [-0.4, -0.2) is 18.4 Å². The van der Waals surface area contributed by atoms with Crippen molar-refractivity contribution in [2.45, 2.75) is 13.5 Å². The third-order valence-corrected chi connectivity index (χ3v) is 4.07. The number of benzene rings is 3. The lowest BCUT2D eigenvalue weighted by atomic mass is 10.1. The second kappa shape index (κ2) is 11.8. The van der Waals surface area contributed by atoms with Crippen molar-refractivity contribution in [2.24, 2.45) is 10.7 Å². The third-order valence-electron chi connectivity index (χ3n) is 4.07. The van der Waals surface area contributed by atoms with Gasteiger partial charge in [-0.3, -0.25) is 4.79 Å². The van der Waals surface area contributed by atoms with Crippen molar-refractivity contribution in [3.05, 3.63) is 90.0 Å². The summed E-state index contributed by atoms with van der Waals surface area (Å²) < 4.78 is 5.82. The highest BCUT2D eigenvalue weighted by Gasteiger charge is 2.04. The van der Waals surface area contributed by atoms with Crippen LogP contribution in [0, 0.1) is 0 Å². The van der Waals surface area contributed by atoms with Gasteiger partial charge < -0.3 is 21.1 Å². The van der Waals surface area contributed by atoms with Crippen molar-refractivity contribution in [1.29, 1.82) is 0 Å². The Morgan fingerprint density at radius 3 is 2.37 bits per heavy atom. The monoisotopic (exact) mass is 516 g/mol. The normalized spacial score (nSPS) is 10.6. The zero-order chi connectivity index (χ0) is 20.5. The molecule has 30 heavy (non-hydrogen) atoms. The highest BCUT2D eigenvalue weighted by atomic mass is 127.